The molecule has 4 fully saturated rings. The van der Waals surface area contributed by atoms with Crippen LogP contribution in [-0.2, 0) is 109 Å². The van der Waals surface area contributed by atoms with Crippen molar-refractivity contribution < 1.29 is 144 Å². The standard InChI is InChI=1S/C22H29I3O7.C21H25I3O8.C21H26I2O8.C21H27IO7/c1-21(2,12-22(3,4)20(28)32-11-15-10-30-15)19(27)29-6-5-14(26)9-31-17-8-13(23)7-16(24)18(17)25;1-20(2,10-21(3,4)19(28)32-9-11-8-31-11)18(27)30-6-5-29-17(26)14-15(23)12(22)7-13(25)16(14)24;1-20(2,11-21(3,4)19(27)31-10-13-9-30-13)18(26)29-6-5-28-17(25)14-7-12(22)8-15(23)16(14)24;1-20(2,13-21(3,4)19(25)29-12-16-11-28-16)18(24)27-10-9-26-17(23)14-5-7-15(22)8-6-14/h7-8,14-15,26H,5-6,9-12H2,1-4H3;7,11,25H,5-6,8-10H2,1-4H3;7-8,13,24H,5-6,9-11H2,1-4H3;5-8,16H,9-13H2,1-4H3. The van der Waals surface area contributed by atoms with Crippen LogP contribution in [0.4, 0.5) is 0 Å². The maximum Gasteiger partial charge on any atom is 0.342 e. The number of halogens is 9. The molecule has 8 rings (SSSR count). The lowest BCUT2D eigenvalue weighted by Gasteiger charge is -2.31. The van der Waals surface area contributed by atoms with Gasteiger partial charge in [0.15, 0.2) is 0 Å². The molecular formula is C85H107I9O30. The van der Waals surface area contributed by atoms with E-state index < -0.39 is 103 Å². The average Bonchev–Trinajstić information content (AvgIpc) is 1.36. The lowest BCUT2D eigenvalue weighted by molar-refractivity contribution is -0.164. The van der Waals surface area contributed by atoms with Gasteiger partial charge in [0.05, 0.1) is 104 Å². The number of hydrogen-bond acceptors (Lipinski definition) is 30. The fraction of sp³-hybridized carbons (Fsp3) is 0.588. The maximum absolute atomic E-state index is 12.6. The number of ether oxygens (including phenoxy) is 16. The van der Waals surface area contributed by atoms with Crippen molar-refractivity contribution in [2.75, 3.05) is 106 Å². The monoisotopic (exact) mass is 2750 g/mol. The van der Waals surface area contributed by atoms with Crippen molar-refractivity contribution in [2.24, 2.45) is 43.3 Å². The third-order valence-electron chi connectivity index (χ3n) is 18.6. The summed E-state index contributed by atoms with van der Waals surface area (Å²) in [6.45, 7) is 30.4. The fourth-order valence-corrected chi connectivity index (χ4v) is 19.0. The Hall–Kier alpha value is -3.18. The molecule has 0 aliphatic carbocycles. The molecular weight excluding hydrogens is 2640 g/mol. The van der Waals surface area contributed by atoms with Gasteiger partial charge in [-0.1, -0.05) is 0 Å². The zero-order valence-electron chi connectivity index (χ0n) is 71.7. The van der Waals surface area contributed by atoms with Crippen LogP contribution in [0.25, 0.3) is 0 Å². The Labute approximate surface area is 845 Å². The third kappa shape index (κ3) is 38.6. The number of hydrogen-bond donors (Lipinski definition) is 3. The first-order valence-corrected chi connectivity index (χ1v) is 48.7. The molecule has 4 saturated heterocycles. The second-order valence-electron chi connectivity index (χ2n) is 34.6. The summed E-state index contributed by atoms with van der Waals surface area (Å²) in [7, 11) is 0. The molecule has 0 bridgehead atoms. The Kier molecular flexibility index (Phi) is 45.0. The van der Waals surface area contributed by atoms with Crippen LogP contribution in [0.2, 0.25) is 0 Å². The number of aliphatic hydroxyl groups is 1. The van der Waals surface area contributed by atoms with Crippen molar-refractivity contribution in [3.63, 3.8) is 0 Å². The first-order valence-electron chi connectivity index (χ1n) is 39.0. The maximum atomic E-state index is 12.6. The number of carbonyl (C=O) groups excluding carboxylic acids is 11. The highest BCUT2D eigenvalue weighted by atomic mass is 127. The molecule has 5 atom stereocenters. The molecule has 0 radical (unpaired) electrons. The molecule has 4 heterocycles. The minimum atomic E-state index is -0.952. The number of epoxide rings is 4. The van der Waals surface area contributed by atoms with Gasteiger partial charge in [0.2, 0.25) is 0 Å². The van der Waals surface area contributed by atoms with Crippen LogP contribution >= 0.6 is 203 Å². The van der Waals surface area contributed by atoms with Gasteiger partial charge in [0, 0.05) is 27.8 Å². The van der Waals surface area contributed by atoms with E-state index >= 15 is 0 Å². The summed E-state index contributed by atoms with van der Waals surface area (Å²) < 4.78 is 90.9. The smallest absolute Gasteiger partial charge is 0.342 e. The van der Waals surface area contributed by atoms with Crippen molar-refractivity contribution in [2.45, 2.75) is 173 Å². The van der Waals surface area contributed by atoms with Crippen molar-refractivity contribution in [3.05, 3.63) is 103 Å². The van der Waals surface area contributed by atoms with Crippen LogP contribution < -0.4 is 4.74 Å². The average molecular weight is 2750 g/mol. The van der Waals surface area contributed by atoms with Crippen molar-refractivity contribution >= 4 is 269 Å². The van der Waals surface area contributed by atoms with Crippen molar-refractivity contribution in [1.29, 1.82) is 0 Å². The largest absolute Gasteiger partial charge is 0.507 e. The number of rotatable bonds is 42. The molecule has 4 aliphatic heterocycles. The Bertz CT molecular complexity index is 4370. The highest BCUT2D eigenvalue weighted by Crippen LogP contribution is 2.42. The molecule has 4 aromatic carbocycles. The molecule has 4 aromatic rings. The predicted octanol–water partition coefficient (Wildman–Crippen LogP) is 15.9. The van der Waals surface area contributed by atoms with Crippen LogP contribution in [0, 0.1) is 75.5 Å². The van der Waals surface area contributed by atoms with E-state index in [-0.39, 0.29) is 170 Å². The second-order valence-corrected chi connectivity index (χ2v) is 45.0. The van der Waals surface area contributed by atoms with Gasteiger partial charge in [-0.2, -0.15) is 0 Å². The zero-order chi connectivity index (χ0) is 93.4. The molecule has 0 saturated carbocycles. The summed E-state index contributed by atoms with van der Waals surface area (Å²) in [5.41, 5.74) is -6.38. The Balaban J connectivity index is 0.000000294. The van der Waals surface area contributed by atoms with Gasteiger partial charge in [-0.05, 0) is 394 Å². The van der Waals surface area contributed by atoms with Crippen LogP contribution in [0.15, 0.2) is 54.6 Å². The van der Waals surface area contributed by atoms with Crippen LogP contribution in [0.3, 0.4) is 0 Å². The van der Waals surface area contributed by atoms with Crippen LogP contribution in [-0.4, -0.2) is 217 Å². The molecule has 5 unspecified atom stereocenters. The summed E-state index contributed by atoms with van der Waals surface area (Å²) in [6.07, 6.45) is 0.411. The lowest BCUT2D eigenvalue weighted by atomic mass is 9.75. The SMILES string of the molecule is CC(C)(CC(C)(C)C(=O)OCC1CO1)C(=O)OCCC(O)COc1cc(I)cc(I)c1I.CC(C)(CC(C)(C)C(=O)OCC1CO1)C(=O)OCCOC(=O)c1c(I)c(O)cc(I)c1I.CC(C)(CC(C)(C)C(=O)OCC1CO1)C(=O)OCCOC(=O)c1cc(I)cc(I)c1O.CC(C)(CC(C)(C)C(=O)OCC1CO1)C(=O)OCCOC(=O)c1ccc(I)cc1. The van der Waals surface area contributed by atoms with Crippen LogP contribution in [0.1, 0.15) is 174 Å². The lowest BCUT2D eigenvalue weighted by Crippen LogP contribution is -2.37. The van der Waals surface area contributed by atoms with Crippen molar-refractivity contribution in [1.82, 2.24) is 0 Å². The molecule has 39 heteroatoms. The number of benzene rings is 4. The first-order chi connectivity index (χ1) is 57.4. The summed E-state index contributed by atoms with van der Waals surface area (Å²) in [4.78, 5) is 136. The van der Waals surface area contributed by atoms with Gasteiger partial charge < -0.3 is 91.1 Å². The van der Waals surface area contributed by atoms with E-state index in [1.54, 1.807) is 135 Å². The number of phenols is 2. The highest BCUT2D eigenvalue weighted by molar-refractivity contribution is 14.1. The van der Waals surface area contributed by atoms with Gasteiger partial charge >= 0.3 is 65.7 Å². The van der Waals surface area contributed by atoms with Gasteiger partial charge in [0.25, 0.3) is 0 Å². The first kappa shape index (κ1) is 111. The van der Waals surface area contributed by atoms with Gasteiger partial charge in [-0.15, -0.1) is 0 Å². The van der Waals surface area contributed by atoms with E-state index in [9.17, 15) is 68.1 Å². The minimum Gasteiger partial charge on any atom is -0.507 e. The topological polar surface area (TPSA) is 409 Å². The van der Waals surface area contributed by atoms with Gasteiger partial charge in [-0.3, -0.25) is 38.4 Å². The van der Waals surface area contributed by atoms with Crippen LogP contribution in [0.5, 0.6) is 17.2 Å². The summed E-state index contributed by atoms with van der Waals surface area (Å²) in [5, 5.41) is 30.2. The summed E-state index contributed by atoms with van der Waals surface area (Å²) >= 11 is 18.7. The molecule has 124 heavy (non-hydrogen) atoms. The van der Waals surface area contributed by atoms with Gasteiger partial charge in [-0.25, -0.2) is 14.4 Å². The minimum absolute atomic E-state index is 0.000682. The molecule has 30 nitrogen and oxygen atoms in total. The van der Waals surface area contributed by atoms with Gasteiger partial charge in [0.1, 0.15) is 120 Å². The quantitative estimate of drug-likeness (QED) is 0.00926. The Morgan fingerprint density at radius 3 is 1.01 bits per heavy atom. The van der Waals surface area contributed by atoms with E-state index in [1.807, 2.05) is 131 Å². The summed E-state index contributed by atoms with van der Waals surface area (Å²) in [5.74, 6) is -4.63. The highest BCUT2D eigenvalue weighted by Gasteiger charge is 2.46. The van der Waals surface area contributed by atoms with E-state index in [0.717, 1.165) is 27.2 Å². The fourth-order valence-electron chi connectivity index (χ4n) is 12.2. The molecule has 3 N–H and O–H groups in total. The number of aliphatic hydroxyl groups excluding tert-OH is 1. The molecule has 690 valence electrons. The molecule has 4 aliphatic rings. The number of esters is 11. The number of carbonyl (C=O) groups is 11. The normalized spacial score (nSPS) is 16.2. The predicted molar refractivity (Wildman–Crippen MR) is 526 cm³/mol. The summed E-state index contributed by atoms with van der Waals surface area (Å²) in [6, 6.07) is 15.8. The zero-order valence-corrected chi connectivity index (χ0v) is 91.1. The Morgan fingerprint density at radius 2 is 0.653 bits per heavy atom. The number of phenolic OH excluding ortho intramolecular Hbond substituents is 2. The third-order valence-corrected chi connectivity index (χ3v) is 28.4. The van der Waals surface area contributed by atoms with E-state index in [4.69, 9.17) is 75.8 Å². The van der Waals surface area contributed by atoms with E-state index in [2.05, 4.69) is 96.4 Å². The van der Waals surface area contributed by atoms with E-state index in [1.165, 1.54) is 6.07 Å². The van der Waals surface area contributed by atoms with E-state index in [0.29, 0.717) is 42.7 Å². The Morgan fingerprint density at radius 1 is 0.355 bits per heavy atom. The van der Waals surface area contributed by atoms with Crippen molar-refractivity contribution in [3.8, 4) is 17.2 Å². The molecule has 0 aromatic heterocycles. The molecule has 0 amide bonds. The molecule has 0 spiro atoms. The second kappa shape index (κ2) is 50.1. The number of aromatic hydroxyl groups is 2.